The summed E-state index contributed by atoms with van der Waals surface area (Å²) >= 11 is 0. The third-order valence-electron chi connectivity index (χ3n) is 4.99. The van der Waals surface area contributed by atoms with E-state index >= 15 is 0 Å². The Labute approximate surface area is 164 Å². The molecular weight excluding hydrogens is 356 g/mol. The van der Waals surface area contributed by atoms with Crippen molar-refractivity contribution < 1.29 is 23.8 Å². The third kappa shape index (κ3) is 4.09. The van der Waals surface area contributed by atoms with E-state index < -0.39 is 11.9 Å². The Bertz CT molecular complexity index is 882. The van der Waals surface area contributed by atoms with E-state index in [0.29, 0.717) is 6.42 Å². The van der Waals surface area contributed by atoms with Gasteiger partial charge in [0.15, 0.2) is 5.78 Å². The fourth-order valence-corrected chi connectivity index (χ4v) is 3.57. The first-order chi connectivity index (χ1) is 13.6. The summed E-state index contributed by atoms with van der Waals surface area (Å²) in [6.45, 7) is 1.98. The topological polar surface area (TPSA) is 61.8 Å². The van der Waals surface area contributed by atoms with Crippen molar-refractivity contribution in [1.82, 2.24) is 0 Å². The summed E-state index contributed by atoms with van der Waals surface area (Å²) < 4.78 is 15.7. The zero-order valence-corrected chi connectivity index (χ0v) is 16.3. The average Bonchev–Trinajstić information content (AvgIpc) is 2.73. The van der Waals surface area contributed by atoms with Gasteiger partial charge in [-0.15, -0.1) is 0 Å². The second-order valence-electron chi connectivity index (χ2n) is 6.62. The van der Waals surface area contributed by atoms with Crippen LogP contribution in [0.3, 0.4) is 0 Å². The number of carbonyl (C=O) groups excluding carboxylic acids is 2. The van der Waals surface area contributed by atoms with E-state index in [4.69, 9.17) is 14.2 Å². The molecule has 0 amide bonds. The first kappa shape index (κ1) is 19.7. The molecule has 3 rings (SSSR count). The molecule has 2 aromatic carbocycles. The molecule has 2 aromatic rings. The van der Waals surface area contributed by atoms with Gasteiger partial charge in [0.25, 0.3) is 0 Å². The molecule has 0 saturated carbocycles. The van der Waals surface area contributed by atoms with E-state index in [0.717, 1.165) is 28.2 Å². The highest BCUT2D eigenvalue weighted by Crippen LogP contribution is 2.41. The molecule has 28 heavy (non-hydrogen) atoms. The maximum atomic E-state index is 12.9. The Kier molecular flexibility index (Phi) is 6.14. The minimum absolute atomic E-state index is 0.233. The quantitative estimate of drug-likeness (QED) is 0.559. The van der Waals surface area contributed by atoms with Gasteiger partial charge < -0.3 is 14.2 Å². The lowest BCUT2D eigenvalue weighted by Crippen LogP contribution is -2.34. The number of carbonyl (C=O) groups is 2. The number of methoxy groups -OCH3 is 2. The zero-order chi connectivity index (χ0) is 20.1. The van der Waals surface area contributed by atoms with Gasteiger partial charge in [0, 0.05) is 5.92 Å². The summed E-state index contributed by atoms with van der Waals surface area (Å²) in [6, 6.07) is 15.1. The molecule has 0 aromatic heterocycles. The van der Waals surface area contributed by atoms with Gasteiger partial charge in [-0.3, -0.25) is 9.59 Å². The summed E-state index contributed by atoms with van der Waals surface area (Å²) in [7, 11) is 3.21. The Hall–Kier alpha value is -3.08. The van der Waals surface area contributed by atoms with E-state index in [2.05, 4.69) is 0 Å². The number of ketones is 1. The number of rotatable bonds is 6. The van der Waals surface area contributed by atoms with Crippen molar-refractivity contribution in [1.29, 1.82) is 0 Å². The highest BCUT2D eigenvalue weighted by Gasteiger charge is 2.39. The minimum atomic E-state index is -0.845. The Morgan fingerprint density at radius 1 is 1.04 bits per heavy atom. The lowest BCUT2D eigenvalue weighted by molar-refractivity contribution is -0.151. The van der Waals surface area contributed by atoms with Crippen molar-refractivity contribution >= 4 is 17.3 Å². The monoisotopic (exact) mass is 380 g/mol. The first-order valence-electron chi connectivity index (χ1n) is 9.26. The van der Waals surface area contributed by atoms with Crippen LogP contribution in [0, 0.1) is 5.92 Å². The second kappa shape index (κ2) is 8.74. The molecule has 0 saturated heterocycles. The molecule has 1 aliphatic rings. The molecule has 2 atom stereocenters. The molecule has 0 fully saturated rings. The molecule has 0 radical (unpaired) electrons. The van der Waals surface area contributed by atoms with Crippen LogP contribution in [0.15, 0.2) is 54.6 Å². The highest BCUT2D eigenvalue weighted by molar-refractivity contribution is 6.10. The van der Waals surface area contributed by atoms with Crippen LogP contribution in [0.5, 0.6) is 11.5 Å². The van der Waals surface area contributed by atoms with Crippen molar-refractivity contribution in [3.8, 4) is 11.5 Å². The van der Waals surface area contributed by atoms with Gasteiger partial charge in [-0.2, -0.15) is 0 Å². The smallest absolute Gasteiger partial charge is 0.317 e. The van der Waals surface area contributed by atoms with E-state index in [1.807, 2.05) is 48.5 Å². The molecule has 0 spiro atoms. The molecule has 5 nitrogen and oxygen atoms in total. The van der Waals surface area contributed by atoms with Crippen molar-refractivity contribution in [2.75, 3.05) is 20.8 Å². The lowest BCUT2D eigenvalue weighted by Gasteiger charge is -2.29. The van der Waals surface area contributed by atoms with Crippen molar-refractivity contribution in [2.45, 2.75) is 19.3 Å². The summed E-state index contributed by atoms with van der Waals surface area (Å²) in [5.74, 6) is -0.412. The lowest BCUT2D eigenvalue weighted by atomic mass is 9.73. The molecule has 2 unspecified atom stereocenters. The van der Waals surface area contributed by atoms with Crippen LogP contribution >= 0.6 is 0 Å². The van der Waals surface area contributed by atoms with Crippen LogP contribution in [0.4, 0.5) is 0 Å². The normalized spacial score (nSPS) is 19.0. The second-order valence-corrected chi connectivity index (χ2v) is 6.62. The van der Waals surface area contributed by atoms with E-state index in [-0.39, 0.29) is 18.3 Å². The molecule has 0 aliphatic heterocycles. The standard InChI is InChI=1S/C23H24O5/c1-4-28-23(25)22-20(15-8-10-18(26-2)11-9-15)13-17(14-21(22)24)16-6-5-7-19(12-16)27-3/h5-12,14,20,22H,4,13H2,1-3H3. The van der Waals surface area contributed by atoms with Gasteiger partial charge in [0.2, 0.25) is 0 Å². The average molecular weight is 380 g/mol. The van der Waals surface area contributed by atoms with Crippen LogP contribution in [-0.2, 0) is 14.3 Å². The van der Waals surface area contributed by atoms with Crippen LogP contribution in [-0.4, -0.2) is 32.6 Å². The molecule has 0 bridgehead atoms. The van der Waals surface area contributed by atoms with Gasteiger partial charge >= 0.3 is 5.97 Å². The van der Waals surface area contributed by atoms with Crippen LogP contribution in [0.2, 0.25) is 0 Å². The fourth-order valence-electron chi connectivity index (χ4n) is 3.57. The summed E-state index contributed by atoms with van der Waals surface area (Å²) in [4.78, 5) is 25.5. The fraction of sp³-hybridized carbons (Fsp3) is 0.304. The van der Waals surface area contributed by atoms with Crippen molar-refractivity contribution in [3.05, 3.63) is 65.7 Å². The summed E-state index contributed by atoms with van der Waals surface area (Å²) in [5.41, 5.74) is 2.69. The first-order valence-corrected chi connectivity index (χ1v) is 9.26. The zero-order valence-electron chi connectivity index (χ0n) is 16.3. The maximum absolute atomic E-state index is 12.9. The van der Waals surface area contributed by atoms with Crippen molar-refractivity contribution in [3.63, 3.8) is 0 Å². The van der Waals surface area contributed by atoms with E-state index in [9.17, 15) is 9.59 Å². The largest absolute Gasteiger partial charge is 0.497 e. The maximum Gasteiger partial charge on any atom is 0.317 e. The Morgan fingerprint density at radius 3 is 2.39 bits per heavy atom. The van der Waals surface area contributed by atoms with Gasteiger partial charge in [0.1, 0.15) is 17.4 Å². The SMILES string of the molecule is CCOC(=O)C1C(=O)C=C(c2cccc(OC)c2)CC1c1ccc(OC)cc1. The Morgan fingerprint density at radius 2 is 1.75 bits per heavy atom. The molecule has 1 aliphatic carbocycles. The number of hydrogen-bond acceptors (Lipinski definition) is 5. The third-order valence-corrected chi connectivity index (χ3v) is 4.99. The summed E-state index contributed by atoms with van der Waals surface area (Å²) in [6.07, 6.45) is 2.12. The highest BCUT2D eigenvalue weighted by atomic mass is 16.5. The van der Waals surface area contributed by atoms with Crippen LogP contribution < -0.4 is 9.47 Å². The van der Waals surface area contributed by atoms with Gasteiger partial charge in [0.05, 0.1) is 20.8 Å². The van der Waals surface area contributed by atoms with Gasteiger partial charge in [-0.05, 0) is 60.4 Å². The predicted octanol–water partition coefficient (Wildman–Crippen LogP) is 4.02. The Balaban J connectivity index is 2.01. The molecule has 5 heteroatoms. The number of esters is 1. The minimum Gasteiger partial charge on any atom is -0.497 e. The number of ether oxygens (including phenoxy) is 3. The summed E-state index contributed by atoms with van der Waals surface area (Å²) in [5, 5.41) is 0. The van der Waals surface area contributed by atoms with Crippen LogP contribution in [0.1, 0.15) is 30.4 Å². The molecule has 0 heterocycles. The molecular formula is C23H24O5. The predicted molar refractivity (Wildman–Crippen MR) is 106 cm³/mol. The van der Waals surface area contributed by atoms with E-state index in [1.54, 1.807) is 27.2 Å². The number of hydrogen-bond donors (Lipinski definition) is 0. The van der Waals surface area contributed by atoms with Crippen LogP contribution in [0.25, 0.3) is 5.57 Å². The number of benzene rings is 2. The number of allylic oxidation sites excluding steroid dienone is 2. The molecule has 0 N–H and O–H groups in total. The van der Waals surface area contributed by atoms with Gasteiger partial charge in [-0.1, -0.05) is 24.3 Å². The van der Waals surface area contributed by atoms with E-state index in [1.165, 1.54) is 0 Å². The van der Waals surface area contributed by atoms with Crippen molar-refractivity contribution in [2.24, 2.45) is 5.92 Å². The van der Waals surface area contributed by atoms with Gasteiger partial charge in [-0.25, -0.2) is 0 Å². The molecule has 146 valence electrons.